The molecule has 1 N–H and O–H groups in total. The van der Waals surface area contributed by atoms with E-state index in [2.05, 4.69) is 31.2 Å². The minimum absolute atomic E-state index is 0.0197. The summed E-state index contributed by atoms with van der Waals surface area (Å²) in [5.41, 5.74) is 1.35. The predicted octanol–water partition coefficient (Wildman–Crippen LogP) is 3.22. The average Bonchev–Trinajstić information content (AvgIpc) is 3.03. The number of nitrogens with zero attached hydrogens (tertiary/aromatic N) is 3. The maximum Gasteiger partial charge on any atom is 0.272 e. The summed E-state index contributed by atoms with van der Waals surface area (Å²) in [5.74, 6) is 0.601. The van der Waals surface area contributed by atoms with Gasteiger partial charge in [-0.15, -0.1) is 0 Å². The molecule has 1 saturated heterocycles. The molecule has 1 amide bonds. The van der Waals surface area contributed by atoms with Gasteiger partial charge in [0, 0.05) is 29.3 Å². The molecule has 0 saturated carbocycles. The summed E-state index contributed by atoms with van der Waals surface area (Å²) in [6.45, 7) is 1.64. The smallest absolute Gasteiger partial charge is 0.272 e. The van der Waals surface area contributed by atoms with Gasteiger partial charge in [-0.25, -0.2) is 9.97 Å². The molecular formula is C15H15BrN4O. The number of rotatable bonds is 3. The van der Waals surface area contributed by atoms with E-state index in [4.69, 9.17) is 0 Å². The highest BCUT2D eigenvalue weighted by atomic mass is 79.9. The van der Waals surface area contributed by atoms with E-state index in [0.29, 0.717) is 11.5 Å². The second-order valence-corrected chi connectivity index (χ2v) is 5.84. The van der Waals surface area contributed by atoms with Gasteiger partial charge in [0.15, 0.2) is 0 Å². The largest absolute Gasteiger partial charge is 0.340 e. The number of anilines is 2. The van der Waals surface area contributed by atoms with Crippen molar-refractivity contribution in [3.05, 3.63) is 46.8 Å². The van der Waals surface area contributed by atoms with Crippen LogP contribution in [0.3, 0.4) is 0 Å². The molecule has 21 heavy (non-hydrogen) atoms. The van der Waals surface area contributed by atoms with Gasteiger partial charge >= 0.3 is 0 Å². The third-order valence-electron chi connectivity index (χ3n) is 3.40. The fourth-order valence-corrected chi connectivity index (χ4v) is 2.57. The van der Waals surface area contributed by atoms with Crippen LogP contribution < -0.4 is 5.32 Å². The molecule has 108 valence electrons. The van der Waals surface area contributed by atoms with E-state index in [1.165, 1.54) is 6.33 Å². The highest BCUT2D eigenvalue weighted by molar-refractivity contribution is 9.10. The lowest BCUT2D eigenvalue weighted by Crippen LogP contribution is -2.28. The lowest BCUT2D eigenvalue weighted by atomic mass is 10.3. The van der Waals surface area contributed by atoms with Gasteiger partial charge < -0.3 is 10.2 Å². The summed E-state index contributed by atoms with van der Waals surface area (Å²) in [5, 5.41) is 3.17. The van der Waals surface area contributed by atoms with Crippen molar-refractivity contribution in [1.29, 1.82) is 0 Å². The van der Waals surface area contributed by atoms with Crippen LogP contribution in [0.25, 0.3) is 0 Å². The van der Waals surface area contributed by atoms with Crippen molar-refractivity contribution >= 4 is 33.3 Å². The van der Waals surface area contributed by atoms with E-state index in [1.54, 1.807) is 6.07 Å². The number of likely N-dealkylation sites (tertiary alicyclic amines) is 1. The summed E-state index contributed by atoms with van der Waals surface area (Å²) in [6, 6.07) is 9.46. The van der Waals surface area contributed by atoms with Crippen LogP contribution in [0, 0.1) is 0 Å². The molecule has 0 atom stereocenters. The lowest BCUT2D eigenvalue weighted by Gasteiger charge is -2.14. The Morgan fingerprint density at radius 3 is 2.57 bits per heavy atom. The zero-order chi connectivity index (χ0) is 14.7. The molecule has 1 fully saturated rings. The van der Waals surface area contributed by atoms with E-state index in [9.17, 15) is 4.79 Å². The van der Waals surface area contributed by atoms with Crippen LogP contribution in [0.15, 0.2) is 41.1 Å². The van der Waals surface area contributed by atoms with Gasteiger partial charge in [-0.3, -0.25) is 4.79 Å². The molecule has 2 heterocycles. The van der Waals surface area contributed by atoms with E-state index >= 15 is 0 Å². The summed E-state index contributed by atoms with van der Waals surface area (Å²) in [7, 11) is 0. The first-order valence-electron chi connectivity index (χ1n) is 6.86. The van der Waals surface area contributed by atoms with Crippen molar-refractivity contribution < 1.29 is 4.79 Å². The molecule has 1 aromatic carbocycles. The van der Waals surface area contributed by atoms with Crippen LogP contribution in [0.1, 0.15) is 23.3 Å². The Morgan fingerprint density at radius 2 is 1.86 bits per heavy atom. The number of amides is 1. The first-order valence-corrected chi connectivity index (χ1v) is 7.65. The van der Waals surface area contributed by atoms with Crippen molar-refractivity contribution in [2.45, 2.75) is 12.8 Å². The standard InChI is InChI=1S/C15H15BrN4O/c16-11-3-5-12(6-4-11)19-14-9-13(17-10-18-14)15(21)20-7-1-2-8-20/h3-6,9-10H,1-2,7-8H2,(H,17,18,19). The second kappa shape index (κ2) is 6.22. The molecule has 0 unspecified atom stereocenters. The van der Waals surface area contributed by atoms with Gasteiger partial charge in [0.2, 0.25) is 0 Å². The minimum atomic E-state index is -0.0197. The summed E-state index contributed by atoms with van der Waals surface area (Å²) < 4.78 is 1.01. The fraction of sp³-hybridized carbons (Fsp3) is 0.267. The number of halogens is 1. The zero-order valence-electron chi connectivity index (χ0n) is 11.4. The van der Waals surface area contributed by atoms with Crippen molar-refractivity contribution in [3.8, 4) is 0 Å². The Labute approximate surface area is 131 Å². The molecule has 3 rings (SSSR count). The number of benzene rings is 1. The molecule has 1 aliphatic rings. The van der Waals surface area contributed by atoms with E-state index < -0.39 is 0 Å². The Kier molecular flexibility index (Phi) is 4.15. The fourth-order valence-electron chi connectivity index (χ4n) is 2.31. The van der Waals surface area contributed by atoms with Gasteiger partial charge in [0.1, 0.15) is 17.8 Å². The molecule has 0 spiro atoms. The predicted molar refractivity (Wildman–Crippen MR) is 84.6 cm³/mol. The topological polar surface area (TPSA) is 58.1 Å². The van der Waals surface area contributed by atoms with Crippen LogP contribution in [0.2, 0.25) is 0 Å². The zero-order valence-corrected chi connectivity index (χ0v) is 13.0. The Balaban J connectivity index is 1.76. The molecule has 2 aromatic rings. The summed E-state index contributed by atoms with van der Waals surface area (Å²) >= 11 is 3.40. The summed E-state index contributed by atoms with van der Waals surface area (Å²) in [4.78, 5) is 22.4. The highest BCUT2D eigenvalue weighted by Gasteiger charge is 2.20. The van der Waals surface area contributed by atoms with Crippen molar-refractivity contribution in [3.63, 3.8) is 0 Å². The molecule has 1 aromatic heterocycles. The normalized spacial score (nSPS) is 14.2. The first kappa shape index (κ1) is 14.0. The number of aromatic nitrogens is 2. The Hall–Kier alpha value is -1.95. The van der Waals surface area contributed by atoms with Crippen molar-refractivity contribution in [2.75, 3.05) is 18.4 Å². The van der Waals surface area contributed by atoms with E-state index in [-0.39, 0.29) is 5.91 Å². The van der Waals surface area contributed by atoms with Crippen molar-refractivity contribution in [1.82, 2.24) is 14.9 Å². The van der Waals surface area contributed by atoms with Crippen LogP contribution in [0.4, 0.5) is 11.5 Å². The Bertz CT molecular complexity index is 638. The van der Waals surface area contributed by atoms with Gasteiger partial charge in [-0.1, -0.05) is 15.9 Å². The molecule has 0 bridgehead atoms. The monoisotopic (exact) mass is 346 g/mol. The number of nitrogens with one attached hydrogen (secondary N) is 1. The third kappa shape index (κ3) is 3.39. The van der Waals surface area contributed by atoms with E-state index in [0.717, 1.165) is 36.1 Å². The average molecular weight is 347 g/mol. The summed E-state index contributed by atoms with van der Waals surface area (Å²) in [6.07, 6.45) is 3.56. The van der Waals surface area contributed by atoms with Crippen LogP contribution >= 0.6 is 15.9 Å². The number of carbonyl (C=O) groups is 1. The number of carbonyl (C=O) groups excluding carboxylic acids is 1. The SMILES string of the molecule is O=C(c1cc(Nc2ccc(Br)cc2)ncn1)N1CCCC1. The van der Waals surface area contributed by atoms with Gasteiger partial charge in [0.05, 0.1) is 0 Å². The number of hydrogen-bond donors (Lipinski definition) is 1. The Morgan fingerprint density at radius 1 is 1.14 bits per heavy atom. The second-order valence-electron chi connectivity index (χ2n) is 4.92. The van der Waals surface area contributed by atoms with Crippen molar-refractivity contribution in [2.24, 2.45) is 0 Å². The van der Waals surface area contributed by atoms with Gasteiger partial charge in [-0.05, 0) is 37.1 Å². The minimum Gasteiger partial charge on any atom is -0.340 e. The van der Waals surface area contributed by atoms with Crippen LogP contribution in [-0.4, -0.2) is 33.9 Å². The maximum atomic E-state index is 12.3. The van der Waals surface area contributed by atoms with Gasteiger partial charge in [-0.2, -0.15) is 0 Å². The lowest BCUT2D eigenvalue weighted by molar-refractivity contribution is 0.0787. The quantitative estimate of drug-likeness (QED) is 0.926. The van der Waals surface area contributed by atoms with Crippen LogP contribution in [0.5, 0.6) is 0 Å². The maximum absolute atomic E-state index is 12.3. The highest BCUT2D eigenvalue weighted by Crippen LogP contribution is 2.19. The molecule has 0 radical (unpaired) electrons. The number of hydrogen-bond acceptors (Lipinski definition) is 4. The molecule has 5 nitrogen and oxygen atoms in total. The van der Waals surface area contributed by atoms with Gasteiger partial charge in [0.25, 0.3) is 5.91 Å². The molecule has 6 heteroatoms. The molecule has 0 aliphatic carbocycles. The first-order chi connectivity index (χ1) is 10.2. The van der Waals surface area contributed by atoms with E-state index in [1.807, 2.05) is 29.2 Å². The molecule has 1 aliphatic heterocycles. The third-order valence-corrected chi connectivity index (χ3v) is 3.92. The van der Waals surface area contributed by atoms with Crippen LogP contribution in [-0.2, 0) is 0 Å². The molecular weight excluding hydrogens is 332 g/mol.